The van der Waals surface area contributed by atoms with Crippen molar-refractivity contribution in [1.29, 1.82) is 0 Å². The fourth-order valence-electron chi connectivity index (χ4n) is 2.19. The largest absolute Gasteiger partial charge is 0.325 e. The van der Waals surface area contributed by atoms with Crippen molar-refractivity contribution in [3.8, 4) is 0 Å². The van der Waals surface area contributed by atoms with Crippen molar-refractivity contribution in [3.63, 3.8) is 0 Å². The van der Waals surface area contributed by atoms with Gasteiger partial charge in [-0.05, 0) is 19.8 Å². The molecule has 2 rings (SSSR count). The molecule has 2 heterocycles. The number of nitrogens with one attached hydrogen (secondary N) is 1. The fourth-order valence-corrected chi connectivity index (χ4v) is 3.71. The lowest BCUT2D eigenvalue weighted by molar-refractivity contribution is -0.131. The Hall–Kier alpha value is -1.11. The van der Waals surface area contributed by atoms with Crippen molar-refractivity contribution in [2.75, 3.05) is 18.1 Å². The Kier molecular flexibility index (Phi) is 2.45. The molecule has 3 amide bonds. The molecular formula is C9H14N2O4S. The second-order valence-corrected chi connectivity index (χ2v) is 6.52. The minimum atomic E-state index is -3.03. The molecular weight excluding hydrogens is 232 g/mol. The molecule has 1 N–H and O–H groups in total. The molecule has 2 aliphatic heterocycles. The quantitative estimate of drug-likeness (QED) is 0.632. The zero-order chi connectivity index (χ0) is 12.0. The van der Waals surface area contributed by atoms with E-state index in [1.807, 2.05) is 0 Å². The van der Waals surface area contributed by atoms with Gasteiger partial charge in [-0.15, -0.1) is 0 Å². The third-order valence-electron chi connectivity index (χ3n) is 3.24. The van der Waals surface area contributed by atoms with Gasteiger partial charge in [0.15, 0.2) is 9.84 Å². The monoisotopic (exact) mass is 246 g/mol. The standard InChI is InChI=1S/C9H14N2O4S/c1-2-11-7(12)9(10-8(11)13)3-5-16(14,15)6-4-9/h2-6H2,1H3,(H,10,13). The van der Waals surface area contributed by atoms with Crippen LogP contribution in [0.5, 0.6) is 0 Å². The average molecular weight is 246 g/mol. The van der Waals surface area contributed by atoms with Crippen molar-refractivity contribution in [1.82, 2.24) is 10.2 Å². The number of amides is 3. The molecule has 0 aromatic carbocycles. The first-order valence-electron chi connectivity index (χ1n) is 5.25. The van der Waals surface area contributed by atoms with E-state index >= 15 is 0 Å². The molecule has 16 heavy (non-hydrogen) atoms. The summed E-state index contributed by atoms with van der Waals surface area (Å²) < 4.78 is 22.6. The molecule has 90 valence electrons. The molecule has 2 aliphatic rings. The molecule has 1 spiro atoms. The van der Waals surface area contributed by atoms with Crippen LogP contribution in [0.2, 0.25) is 0 Å². The maximum absolute atomic E-state index is 12.0. The molecule has 0 radical (unpaired) electrons. The van der Waals surface area contributed by atoms with Crippen molar-refractivity contribution in [2.24, 2.45) is 0 Å². The summed E-state index contributed by atoms with van der Waals surface area (Å²) in [6.07, 6.45) is 0.382. The van der Waals surface area contributed by atoms with E-state index in [1.165, 1.54) is 0 Å². The number of imide groups is 1. The van der Waals surface area contributed by atoms with Crippen LogP contribution in [0.15, 0.2) is 0 Å². The van der Waals surface area contributed by atoms with E-state index in [2.05, 4.69) is 5.32 Å². The van der Waals surface area contributed by atoms with E-state index < -0.39 is 21.4 Å². The minimum Gasteiger partial charge on any atom is -0.323 e. The van der Waals surface area contributed by atoms with Crippen molar-refractivity contribution >= 4 is 21.8 Å². The van der Waals surface area contributed by atoms with Crippen molar-refractivity contribution < 1.29 is 18.0 Å². The summed E-state index contributed by atoms with van der Waals surface area (Å²) in [7, 11) is -3.03. The van der Waals surface area contributed by atoms with Crippen molar-refractivity contribution in [2.45, 2.75) is 25.3 Å². The van der Waals surface area contributed by atoms with Gasteiger partial charge in [0.25, 0.3) is 5.91 Å². The zero-order valence-corrected chi connectivity index (χ0v) is 9.84. The normalized spacial score (nSPS) is 27.2. The summed E-state index contributed by atoms with van der Waals surface area (Å²) in [5.41, 5.74) is -0.960. The molecule has 0 saturated carbocycles. The van der Waals surface area contributed by atoms with Crippen LogP contribution < -0.4 is 5.32 Å². The highest BCUT2D eigenvalue weighted by molar-refractivity contribution is 7.91. The van der Waals surface area contributed by atoms with Gasteiger partial charge >= 0.3 is 6.03 Å². The van der Waals surface area contributed by atoms with E-state index in [4.69, 9.17) is 0 Å². The number of carbonyl (C=O) groups is 2. The molecule has 6 nitrogen and oxygen atoms in total. The van der Waals surface area contributed by atoms with Crippen LogP contribution in [-0.4, -0.2) is 48.8 Å². The molecule has 0 aromatic rings. The summed E-state index contributed by atoms with van der Waals surface area (Å²) >= 11 is 0. The molecule has 0 aliphatic carbocycles. The second kappa shape index (κ2) is 3.44. The van der Waals surface area contributed by atoms with Crippen LogP contribution in [0.1, 0.15) is 19.8 Å². The van der Waals surface area contributed by atoms with Gasteiger partial charge in [0.05, 0.1) is 11.5 Å². The summed E-state index contributed by atoms with van der Waals surface area (Å²) in [6, 6.07) is -0.410. The molecule has 0 unspecified atom stereocenters. The van der Waals surface area contributed by atoms with Crippen LogP contribution in [0.3, 0.4) is 0 Å². The lowest BCUT2D eigenvalue weighted by Crippen LogP contribution is -2.52. The average Bonchev–Trinajstić information content (AvgIpc) is 2.45. The highest BCUT2D eigenvalue weighted by Gasteiger charge is 2.52. The van der Waals surface area contributed by atoms with Crippen LogP contribution in [0, 0.1) is 0 Å². The van der Waals surface area contributed by atoms with Crippen LogP contribution in [-0.2, 0) is 14.6 Å². The van der Waals surface area contributed by atoms with E-state index in [1.54, 1.807) is 6.92 Å². The first-order valence-corrected chi connectivity index (χ1v) is 7.07. The van der Waals surface area contributed by atoms with Gasteiger partial charge in [-0.2, -0.15) is 0 Å². The number of rotatable bonds is 1. The summed E-state index contributed by atoms with van der Waals surface area (Å²) in [5.74, 6) is -0.345. The zero-order valence-electron chi connectivity index (χ0n) is 9.02. The minimum absolute atomic E-state index is 0.0312. The molecule has 0 aromatic heterocycles. The first kappa shape index (κ1) is 11.4. The number of urea groups is 1. The second-order valence-electron chi connectivity index (χ2n) is 4.21. The topological polar surface area (TPSA) is 83.6 Å². The molecule has 2 saturated heterocycles. The highest BCUT2D eigenvalue weighted by atomic mass is 32.2. The Labute approximate surface area is 93.9 Å². The van der Waals surface area contributed by atoms with Crippen LogP contribution in [0.25, 0.3) is 0 Å². The van der Waals surface area contributed by atoms with Gasteiger partial charge in [0.1, 0.15) is 5.54 Å². The van der Waals surface area contributed by atoms with Crippen LogP contribution >= 0.6 is 0 Å². The Morgan fingerprint density at radius 1 is 1.31 bits per heavy atom. The van der Waals surface area contributed by atoms with Gasteiger partial charge in [-0.25, -0.2) is 13.2 Å². The Bertz CT molecular complexity index is 428. The molecule has 0 bridgehead atoms. The number of nitrogens with zero attached hydrogens (tertiary/aromatic N) is 1. The molecule has 7 heteroatoms. The van der Waals surface area contributed by atoms with Gasteiger partial charge in [0.2, 0.25) is 0 Å². The smallest absolute Gasteiger partial charge is 0.323 e. The van der Waals surface area contributed by atoms with E-state index in [9.17, 15) is 18.0 Å². The first-order chi connectivity index (χ1) is 7.40. The Balaban J connectivity index is 2.23. The number of likely N-dealkylation sites (N-methyl/N-ethyl adjacent to an activating group) is 1. The number of sulfone groups is 1. The summed E-state index contributed by atoms with van der Waals surface area (Å²) in [5, 5.41) is 2.63. The van der Waals surface area contributed by atoms with Gasteiger partial charge < -0.3 is 5.32 Å². The van der Waals surface area contributed by atoms with E-state index in [0.29, 0.717) is 6.54 Å². The van der Waals surface area contributed by atoms with Gasteiger partial charge in [-0.3, -0.25) is 9.69 Å². The summed E-state index contributed by atoms with van der Waals surface area (Å²) in [4.78, 5) is 24.6. The SMILES string of the molecule is CCN1C(=O)NC2(CCS(=O)(=O)CC2)C1=O. The molecule has 0 atom stereocenters. The predicted molar refractivity (Wildman–Crippen MR) is 56.5 cm³/mol. The summed E-state index contributed by atoms with van der Waals surface area (Å²) in [6.45, 7) is 2.04. The third kappa shape index (κ3) is 1.59. The van der Waals surface area contributed by atoms with Crippen LogP contribution in [0.4, 0.5) is 4.79 Å². The lowest BCUT2D eigenvalue weighted by atomic mass is 9.92. The van der Waals surface area contributed by atoms with E-state index in [0.717, 1.165) is 4.90 Å². The fraction of sp³-hybridized carbons (Fsp3) is 0.778. The lowest BCUT2D eigenvalue weighted by Gasteiger charge is -2.30. The number of carbonyl (C=O) groups excluding carboxylic acids is 2. The maximum Gasteiger partial charge on any atom is 0.325 e. The van der Waals surface area contributed by atoms with Gasteiger partial charge in [0, 0.05) is 6.54 Å². The van der Waals surface area contributed by atoms with Crippen molar-refractivity contribution in [3.05, 3.63) is 0 Å². The Morgan fingerprint density at radius 2 is 1.88 bits per heavy atom. The Morgan fingerprint density at radius 3 is 2.31 bits per heavy atom. The predicted octanol–water partition coefficient (Wildman–Crippen LogP) is -0.495. The molecule has 2 fully saturated rings. The number of hydrogen-bond acceptors (Lipinski definition) is 4. The number of hydrogen-bond donors (Lipinski definition) is 1. The van der Waals surface area contributed by atoms with Gasteiger partial charge in [-0.1, -0.05) is 0 Å². The third-order valence-corrected chi connectivity index (χ3v) is 4.89. The van der Waals surface area contributed by atoms with E-state index in [-0.39, 0.29) is 30.3 Å². The maximum atomic E-state index is 12.0. The highest BCUT2D eigenvalue weighted by Crippen LogP contribution is 2.30.